The zero-order valence-electron chi connectivity index (χ0n) is 23.6. The van der Waals surface area contributed by atoms with Crippen LogP contribution in [0.15, 0.2) is 53.3 Å². The molecule has 1 saturated heterocycles. The summed E-state index contributed by atoms with van der Waals surface area (Å²) >= 11 is 0. The van der Waals surface area contributed by atoms with E-state index < -0.39 is 0 Å². The summed E-state index contributed by atoms with van der Waals surface area (Å²) in [7, 11) is 3.94. The summed E-state index contributed by atoms with van der Waals surface area (Å²) in [4.78, 5) is 10.9. The van der Waals surface area contributed by atoms with Gasteiger partial charge in [-0.25, -0.2) is 0 Å². The largest absolute Gasteiger partial charge is 0.463 e. The number of allylic oxidation sites excluding steroid dienone is 4. The van der Waals surface area contributed by atoms with Gasteiger partial charge in [0, 0.05) is 46.5 Å². The Morgan fingerprint density at radius 2 is 1.91 bits per heavy atom. The summed E-state index contributed by atoms with van der Waals surface area (Å²) in [6.45, 7) is 25.2. The van der Waals surface area contributed by atoms with Gasteiger partial charge in [0.1, 0.15) is 18.6 Å². The average molecular weight is 493 g/mol. The summed E-state index contributed by atoms with van der Waals surface area (Å²) in [6, 6.07) is 0.598. The molecule has 0 aliphatic carbocycles. The molecule has 2 aliphatic heterocycles. The molecule has 2 aliphatic rings. The second kappa shape index (κ2) is 22.1. The highest BCUT2D eigenvalue weighted by Crippen LogP contribution is 2.14. The van der Waals surface area contributed by atoms with E-state index in [9.17, 15) is 0 Å². The summed E-state index contributed by atoms with van der Waals surface area (Å²) in [5.74, 6) is 0.883. The predicted octanol–water partition coefficient (Wildman–Crippen LogP) is 4.48. The number of nitrogens with zero attached hydrogens (tertiary/aromatic N) is 4. The average Bonchev–Trinajstić information content (AvgIpc) is 2.88. The van der Waals surface area contributed by atoms with Crippen molar-refractivity contribution in [3.63, 3.8) is 0 Å². The van der Waals surface area contributed by atoms with E-state index in [2.05, 4.69) is 34.9 Å². The first kappa shape index (κ1) is 34.7. The van der Waals surface area contributed by atoms with Gasteiger partial charge in [-0.05, 0) is 25.0 Å². The SMILES string of the molecule is C=C/C(C=N)=C\C(=C)C.CC.CC.CCCN(C)C1=CC(N)N(C)C(OCCN2CCOCC2)=N1. The van der Waals surface area contributed by atoms with Crippen LogP contribution in [0.5, 0.6) is 0 Å². The van der Waals surface area contributed by atoms with E-state index in [1.807, 2.05) is 59.7 Å². The lowest BCUT2D eigenvalue weighted by Crippen LogP contribution is -2.47. The van der Waals surface area contributed by atoms with Gasteiger partial charge in [0.15, 0.2) is 0 Å². The fraction of sp³-hybridized carbons (Fsp3) is 0.630. The van der Waals surface area contributed by atoms with Crippen molar-refractivity contribution in [1.29, 1.82) is 5.41 Å². The van der Waals surface area contributed by atoms with E-state index in [4.69, 9.17) is 20.6 Å². The quantitative estimate of drug-likeness (QED) is 0.364. The van der Waals surface area contributed by atoms with Gasteiger partial charge < -0.3 is 30.4 Å². The van der Waals surface area contributed by atoms with Crippen molar-refractivity contribution < 1.29 is 9.47 Å². The molecule has 0 saturated carbocycles. The van der Waals surface area contributed by atoms with Crippen molar-refractivity contribution in [2.24, 2.45) is 10.7 Å². The Kier molecular flexibility index (Phi) is 21.9. The van der Waals surface area contributed by atoms with E-state index in [0.717, 1.165) is 62.8 Å². The van der Waals surface area contributed by atoms with Crippen molar-refractivity contribution in [1.82, 2.24) is 14.7 Å². The Bertz CT molecular complexity index is 671. The Balaban J connectivity index is 0. The molecule has 35 heavy (non-hydrogen) atoms. The van der Waals surface area contributed by atoms with Gasteiger partial charge in [0.25, 0.3) is 6.02 Å². The van der Waals surface area contributed by atoms with Gasteiger partial charge in [0.05, 0.1) is 13.2 Å². The van der Waals surface area contributed by atoms with E-state index >= 15 is 0 Å². The van der Waals surface area contributed by atoms with Crippen LogP contribution < -0.4 is 5.73 Å². The molecule has 1 fully saturated rings. The van der Waals surface area contributed by atoms with Gasteiger partial charge in [0.2, 0.25) is 0 Å². The summed E-state index contributed by atoms with van der Waals surface area (Å²) in [5, 5.41) is 6.85. The van der Waals surface area contributed by atoms with Gasteiger partial charge >= 0.3 is 0 Å². The molecule has 1 unspecified atom stereocenters. The molecule has 2 rings (SSSR count). The highest BCUT2D eigenvalue weighted by Gasteiger charge is 2.22. The molecule has 0 amide bonds. The van der Waals surface area contributed by atoms with Crippen LogP contribution in [0.4, 0.5) is 0 Å². The van der Waals surface area contributed by atoms with Gasteiger partial charge in [-0.3, -0.25) is 4.90 Å². The van der Waals surface area contributed by atoms with Crippen LogP contribution in [0.3, 0.4) is 0 Å². The maximum Gasteiger partial charge on any atom is 0.295 e. The van der Waals surface area contributed by atoms with Crippen molar-refractivity contribution >= 4 is 12.2 Å². The number of hydrogen-bond acceptors (Lipinski definition) is 8. The molecule has 0 aromatic rings. The van der Waals surface area contributed by atoms with Crippen LogP contribution in [-0.4, -0.2) is 93.2 Å². The van der Waals surface area contributed by atoms with Crippen molar-refractivity contribution in [2.45, 2.75) is 54.1 Å². The highest BCUT2D eigenvalue weighted by atomic mass is 16.5. The fourth-order valence-corrected chi connectivity index (χ4v) is 2.94. The van der Waals surface area contributed by atoms with Crippen LogP contribution in [0.1, 0.15) is 48.0 Å². The number of hydrogen-bond donors (Lipinski definition) is 2. The smallest absolute Gasteiger partial charge is 0.295 e. The number of nitrogens with one attached hydrogen (secondary N) is 1. The minimum Gasteiger partial charge on any atom is -0.463 e. The van der Waals surface area contributed by atoms with Crippen molar-refractivity contribution in [3.8, 4) is 0 Å². The molecule has 1 atom stereocenters. The molecular weight excluding hydrogens is 440 g/mol. The lowest BCUT2D eigenvalue weighted by Gasteiger charge is -2.32. The normalized spacial score (nSPS) is 17.6. The number of rotatable bonds is 9. The molecule has 202 valence electrons. The second-order valence-electron chi connectivity index (χ2n) is 7.58. The molecule has 8 heteroatoms. The maximum atomic E-state index is 6.85. The Morgan fingerprint density at radius 3 is 2.37 bits per heavy atom. The van der Waals surface area contributed by atoms with Crippen molar-refractivity contribution in [3.05, 3.63) is 48.4 Å². The van der Waals surface area contributed by atoms with Gasteiger partial charge in [-0.2, -0.15) is 4.99 Å². The minimum absolute atomic E-state index is 0.204. The number of likely N-dealkylation sites (N-methyl/N-ethyl adjacent to an activating group) is 1. The third-order valence-electron chi connectivity index (χ3n) is 4.79. The maximum absolute atomic E-state index is 6.85. The molecule has 0 spiro atoms. The zero-order chi connectivity index (χ0) is 27.2. The first-order chi connectivity index (χ1) is 16.8. The topological polar surface area (TPSA) is 90.4 Å². The molecule has 0 aromatic heterocycles. The third kappa shape index (κ3) is 15.2. The zero-order valence-corrected chi connectivity index (χ0v) is 23.6. The lowest BCUT2D eigenvalue weighted by molar-refractivity contribution is 0.0302. The van der Waals surface area contributed by atoms with Crippen molar-refractivity contribution in [2.75, 3.05) is 60.1 Å². The third-order valence-corrected chi connectivity index (χ3v) is 4.79. The van der Waals surface area contributed by atoms with Crippen LogP contribution in [0, 0.1) is 5.41 Å². The van der Waals surface area contributed by atoms with Crippen LogP contribution in [0.25, 0.3) is 0 Å². The molecule has 8 nitrogen and oxygen atoms in total. The number of ether oxygens (including phenoxy) is 2. The fourth-order valence-electron chi connectivity index (χ4n) is 2.94. The molecule has 0 aromatic carbocycles. The number of morpholine rings is 1. The highest BCUT2D eigenvalue weighted by molar-refractivity contribution is 5.80. The Labute approximate surface area is 215 Å². The van der Waals surface area contributed by atoms with Crippen LogP contribution in [0.2, 0.25) is 0 Å². The van der Waals surface area contributed by atoms with E-state index in [1.54, 1.807) is 12.2 Å². The van der Waals surface area contributed by atoms with Crippen LogP contribution >= 0.6 is 0 Å². The summed E-state index contributed by atoms with van der Waals surface area (Å²) in [6.07, 6.45) is 7.51. The summed E-state index contributed by atoms with van der Waals surface area (Å²) in [5.41, 5.74) is 7.87. The standard InChI is InChI=1S/C15H29N5O2.C8H11N.2C2H6/c1-4-5-18(2)14-12-13(16)19(3)15(17-14)22-11-8-20-6-9-21-10-7-20;1-4-8(6-9)5-7(2)3;2*1-2/h12-13H,4-11,16H2,1-3H3;4-6,9H,1-2H2,3H3;2*1-2H3/b;8-5+,9-6?;;. The minimum atomic E-state index is -0.204. The molecule has 2 heterocycles. The number of amidine groups is 1. The molecule has 3 N–H and O–H groups in total. The summed E-state index contributed by atoms with van der Waals surface area (Å²) < 4.78 is 11.2. The Hall–Kier alpha value is -2.42. The number of aliphatic imine (C=N–C) groups is 1. The molecule has 0 bridgehead atoms. The predicted molar refractivity (Wildman–Crippen MR) is 152 cm³/mol. The van der Waals surface area contributed by atoms with E-state index in [0.29, 0.717) is 12.6 Å². The Morgan fingerprint density at radius 1 is 1.31 bits per heavy atom. The van der Waals surface area contributed by atoms with E-state index in [1.165, 1.54) is 6.21 Å². The van der Waals surface area contributed by atoms with Gasteiger partial charge in [-0.15, -0.1) is 0 Å². The second-order valence-corrected chi connectivity index (χ2v) is 7.58. The molecule has 0 radical (unpaired) electrons. The van der Waals surface area contributed by atoms with E-state index in [-0.39, 0.29) is 6.17 Å². The molecular formula is C27H52N6O2. The first-order valence-corrected chi connectivity index (χ1v) is 12.7. The monoisotopic (exact) mass is 492 g/mol. The number of nitrogens with two attached hydrogens (primary N) is 1. The lowest BCUT2D eigenvalue weighted by atomic mass is 10.2. The van der Waals surface area contributed by atoms with Crippen LogP contribution in [-0.2, 0) is 9.47 Å². The van der Waals surface area contributed by atoms with Gasteiger partial charge in [-0.1, -0.05) is 65.5 Å². The first-order valence-electron chi connectivity index (χ1n) is 12.7.